The first kappa shape index (κ1) is 48.3. The van der Waals surface area contributed by atoms with E-state index in [0.717, 1.165) is 12.7 Å². The lowest BCUT2D eigenvalue weighted by molar-refractivity contribution is -0.183. The molecule has 0 spiro atoms. The van der Waals surface area contributed by atoms with Crippen LogP contribution in [-0.2, 0) is 26.2 Å². The van der Waals surface area contributed by atoms with Gasteiger partial charge in [-0.25, -0.2) is 13.1 Å². The molecule has 346 valence electrons. The molecule has 7 rings (SSSR count). The summed E-state index contributed by atoms with van der Waals surface area (Å²) in [6.07, 6.45) is 1.36. The minimum Gasteiger partial charge on any atom is -0.496 e. The number of hydrogen-bond donors (Lipinski definition) is 6. The third kappa shape index (κ3) is 10.7. The maximum absolute atomic E-state index is 14.5. The molecule has 1 heterocycles. The fourth-order valence-corrected chi connectivity index (χ4v) is 11.1. The molecule has 4 aliphatic rings. The number of nitrogens with one attached hydrogen (secondary N) is 3. The van der Waals surface area contributed by atoms with Crippen LogP contribution in [0.2, 0.25) is 0 Å². The summed E-state index contributed by atoms with van der Waals surface area (Å²) < 4.78 is 34.2. The third-order valence-electron chi connectivity index (χ3n) is 13.8. The van der Waals surface area contributed by atoms with Crippen molar-refractivity contribution in [3.63, 3.8) is 0 Å². The highest BCUT2D eigenvalue weighted by Crippen LogP contribution is 2.61. The van der Waals surface area contributed by atoms with Crippen LogP contribution in [0.3, 0.4) is 0 Å². The number of aliphatic hydroxyl groups is 3. The van der Waals surface area contributed by atoms with E-state index in [4.69, 9.17) is 9.57 Å². The quantitative estimate of drug-likeness (QED) is 0.103. The smallest absolute Gasteiger partial charge is 0.251 e. The Hall–Kier alpha value is -4.13. The Kier molecular flexibility index (Phi) is 15.3. The molecular formula is C47H68N6O9S. The van der Waals surface area contributed by atoms with E-state index in [-0.39, 0.29) is 48.5 Å². The average Bonchev–Trinajstić information content (AvgIpc) is 3.61. The minimum atomic E-state index is -3.70. The zero-order valence-electron chi connectivity index (χ0n) is 38.1. The van der Waals surface area contributed by atoms with Crippen LogP contribution < -0.4 is 25.0 Å². The number of sulfonamides is 1. The first-order valence-corrected chi connectivity index (χ1v) is 23.8. The number of hydroxylamine groups is 2. The molecule has 3 aromatic carbocycles. The number of aliphatic hydroxyl groups excluding tert-OH is 3. The highest BCUT2D eigenvalue weighted by atomic mass is 32.2. The maximum atomic E-state index is 14.5. The Morgan fingerprint density at radius 3 is 2.33 bits per heavy atom. The Balaban J connectivity index is 1.34. The van der Waals surface area contributed by atoms with Crippen molar-refractivity contribution >= 4 is 27.5 Å². The first-order valence-electron chi connectivity index (χ1n) is 21.9. The Bertz CT molecular complexity index is 2170. The van der Waals surface area contributed by atoms with Gasteiger partial charge in [0.15, 0.2) is 0 Å². The van der Waals surface area contributed by atoms with Crippen molar-refractivity contribution in [1.82, 2.24) is 25.3 Å². The Morgan fingerprint density at radius 1 is 1.03 bits per heavy atom. The normalized spacial score (nSPS) is 25.8. The van der Waals surface area contributed by atoms with Crippen LogP contribution in [0.15, 0.2) is 66.7 Å². The van der Waals surface area contributed by atoms with E-state index in [1.807, 2.05) is 85.5 Å². The summed E-state index contributed by atoms with van der Waals surface area (Å²) in [5, 5.41) is 39.4. The minimum absolute atomic E-state index is 0.0159. The van der Waals surface area contributed by atoms with E-state index in [1.54, 1.807) is 31.2 Å². The van der Waals surface area contributed by atoms with Gasteiger partial charge in [-0.2, -0.15) is 5.06 Å². The number of carbonyl (C=O) groups excluding carboxylic acids is 2. The number of fused-ring (bicyclic) bond motifs is 2. The summed E-state index contributed by atoms with van der Waals surface area (Å²) in [4.78, 5) is 38.9. The SMILES string of the molecule is COc1c(CN2OC(CO)[C@@H]([C@H](C)O)[C@H]2C(=O)N[C@H]2C[C@H]3C[C@@H]([C@@H]2C)C3(C)C)cccc1-c1cc(C(=O)N[C@H](CN(C)C)[C@@H](NS(C)(=O)=O)c2ccccc2)cc(N(C)CCO)c1. The van der Waals surface area contributed by atoms with Crippen LogP contribution in [0.5, 0.6) is 5.75 Å². The maximum Gasteiger partial charge on any atom is 0.251 e. The molecule has 3 aromatic rings. The van der Waals surface area contributed by atoms with Crippen molar-refractivity contribution < 1.29 is 42.9 Å². The molecule has 3 aliphatic carbocycles. The lowest BCUT2D eigenvalue weighted by Gasteiger charge is -2.62. The zero-order valence-corrected chi connectivity index (χ0v) is 38.9. The van der Waals surface area contributed by atoms with Crippen molar-refractivity contribution in [2.75, 3.05) is 65.7 Å². The fraction of sp³-hybridized carbons (Fsp3) is 0.574. The second-order valence-electron chi connectivity index (χ2n) is 18.8. The summed E-state index contributed by atoms with van der Waals surface area (Å²) in [5.41, 5.74) is 3.78. The molecule has 6 N–H and O–H groups in total. The standard InChI is InChI=1S/C47H68N6O9S/c1-28-37-23-34(47(37,3)4)24-38(28)48-46(58)43-41(29(2)56)40(27-55)62-53(43)25-31-16-13-17-36(44(31)61-8)32-20-33(22-35(21-32)52(7)18-19-54)45(57)49-39(26-51(5)6)42(50-63(9,59)60)30-14-11-10-12-15-30/h10-17,20-22,28-29,34,37-43,50,54-56H,18-19,23-27H2,1-9H3,(H,48,58)(H,49,57)/t28-,29-,34+,37-,38-,39+,40?,41+,42-,43-/m0/s1. The number of likely N-dealkylation sites (N-methyl/N-ethyl adjacent to an activating group) is 2. The van der Waals surface area contributed by atoms with E-state index in [1.165, 1.54) is 6.42 Å². The van der Waals surface area contributed by atoms with Gasteiger partial charge in [-0.1, -0.05) is 69.3 Å². The van der Waals surface area contributed by atoms with Crippen LogP contribution in [-0.4, -0.2) is 137 Å². The van der Waals surface area contributed by atoms with E-state index >= 15 is 0 Å². The lowest BCUT2D eigenvalue weighted by Crippen LogP contribution is -2.62. The molecule has 2 bridgehead atoms. The molecule has 1 aliphatic heterocycles. The van der Waals surface area contributed by atoms with Crippen molar-refractivity contribution in [3.8, 4) is 16.9 Å². The molecular weight excluding hydrogens is 825 g/mol. The number of ether oxygens (including phenoxy) is 1. The van der Waals surface area contributed by atoms with Crippen LogP contribution in [0.1, 0.15) is 68.1 Å². The molecule has 4 fully saturated rings. The van der Waals surface area contributed by atoms with Gasteiger partial charge >= 0.3 is 0 Å². The highest BCUT2D eigenvalue weighted by molar-refractivity contribution is 7.88. The predicted molar refractivity (Wildman–Crippen MR) is 243 cm³/mol. The number of amides is 2. The van der Waals surface area contributed by atoms with Crippen molar-refractivity contribution in [2.45, 2.75) is 83.5 Å². The number of carbonyl (C=O) groups is 2. The third-order valence-corrected chi connectivity index (χ3v) is 14.5. The van der Waals surface area contributed by atoms with Gasteiger partial charge in [0.2, 0.25) is 15.9 Å². The fourth-order valence-electron chi connectivity index (χ4n) is 10.4. The van der Waals surface area contributed by atoms with Gasteiger partial charge in [-0.15, -0.1) is 0 Å². The van der Waals surface area contributed by atoms with Gasteiger partial charge in [0.05, 0.1) is 51.3 Å². The number of benzene rings is 3. The van der Waals surface area contributed by atoms with Crippen LogP contribution in [0, 0.1) is 29.1 Å². The number of hydrogen-bond acceptors (Lipinski definition) is 12. The second kappa shape index (κ2) is 19.9. The summed E-state index contributed by atoms with van der Waals surface area (Å²) >= 11 is 0. The van der Waals surface area contributed by atoms with E-state index in [0.29, 0.717) is 52.1 Å². The average molecular weight is 893 g/mol. The Morgan fingerprint density at radius 2 is 1.75 bits per heavy atom. The van der Waals surface area contributed by atoms with Crippen LogP contribution >= 0.6 is 0 Å². The molecule has 3 saturated carbocycles. The monoisotopic (exact) mass is 892 g/mol. The number of methoxy groups -OCH3 is 1. The topological polar surface area (TPSA) is 193 Å². The molecule has 15 nitrogen and oxygen atoms in total. The first-order chi connectivity index (χ1) is 29.8. The molecule has 2 amide bonds. The van der Waals surface area contributed by atoms with Crippen LogP contribution in [0.4, 0.5) is 5.69 Å². The van der Waals surface area contributed by atoms with Crippen molar-refractivity contribution in [3.05, 3.63) is 83.4 Å². The molecule has 1 unspecified atom stereocenters. The van der Waals surface area contributed by atoms with Gasteiger partial charge in [0.1, 0.15) is 17.9 Å². The van der Waals surface area contributed by atoms with Crippen molar-refractivity contribution in [2.24, 2.45) is 29.1 Å². The zero-order chi connectivity index (χ0) is 46.0. The summed E-state index contributed by atoms with van der Waals surface area (Å²) in [7, 11) is 3.35. The summed E-state index contributed by atoms with van der Waals surface area (Å²) in [5.74, 6) is 0.378. The second-order valence-corrected chi connectivity index (χ2v) is 20.5. The number of para-hydroxylation sites is 1. The number of anilines is 1. The van der Waals surface area contributed by atoms with Gasteiger partial charge in [0.25, 0.3) is 5.91 Å². The van der Waals surface area contributed by atoms with Crippen LogP contribution in [0.25, 0.3) is 11.1 Å². The van der Waals surface area contributed by atoms with Gasteiger partial charge in [-0.3, -0.25) is 14.4 Å². The number of nitrogens with zero attached hydrogens (tertiary/aromatic N) is 3. The molecule has 0 radical (unpaired) electrons. The van der Waals surface area contributed by atoms with Crippen molar-refractivity contribution in [1.29, 1.82) is 0 Å². The lowest BCUT2D eigenvalue weighted by atomic mass is 9.45. The molecule has 10 atom stereocenters. The molecule has 16 heteroatoms. The predicted octanol–water partition coefficient (Wildman–Crippen LogP) is 3.40. The summed E-state index contributed by atoms with van der Waals surface area (Å²) in [6, 6.07) is 17.6. The van der Waals surface area contributed by atoms with E-state index in [9.17, 15) is 33.3 Å². The molecule has 63 heavy (non-hydrogen) atoms. The van der Waals surface area contributed by atoms with Gasteiger partial charge < -0.3 is 40.5 Å². The van der Waals surface area contributed by atoms with Gasteiger partial charge in [-0.05, 0) is 86.4 Å². The highest BCUT2D eigenvalue weighted by Gasteiger charge is 2.57. The summed E-state index contributed by atoms with van der Waals surface area (Å²) in [6.45, 7) is 8.59. The van der Waals surface area contributed by atoms with E-state index < -0.39 is 58.8 Å². The molecule has 1 saturated heterocycles. The van der Waals surface area contributed by atoms with Gasteiger partial charge in [0, 0.05) is 54.5 Å². The molecule has 0 aromatic heterocycles. The largest absolute Gasteiger partial charge is 0.496 e. The van der Waals surface area contributed by atoms with E-state index in [2.05, 4.69) is 36.1 Å². The number of rotatable bonds is 19. The Labute approximate surface area is 373 Å².